The summed E-state index contributed by atoms with van der Waals surface area (Å²) >= 11 is 12.5. The number of ether oxygens (including phenoxy) is 1. The summed E-state index contributed by atoms with van der Waals surface area (Å²) in [4.78, 5) is 13.9. The van der Waals surface area contributed by atoms with Gasteiger partial charge in [0.25, 0.3) is 5.91 Å². The van der Waals surface area contributed by atoms with Crippen LogP contribution in [-0.2, 0) is 19.4 Å². The van der Waals surface area contributed by atoms with Gasteiger partial charge in [-0.3, -0.25) is 9.48 Å². The topological polar surface area (TPSA) is 56.1 Å². The Morgan fingerprint density at radius 3 is 2.65 bits per heavy atom. The predicted molar refractivity (Wildman–Crippen MR) is 148 cm³/mol. The molecule has 2 saturated carbocycles. The first-order valence-corrected chi connectivity index (χ1v) is 13.9. The van der Waals surface area contributed by atoms with Crippen LogP contribution in [-0.4, -0.2) is 28.8 Å². The van der Waals surface area contributed by atoms with Crippen LogP contribution in [0.15, 0.2) is 36.4 Å². The Hall–Kier alpha value is -2.50. The summed E-state index contributed by atoms with van der Waals surface area (Å²) in [5.41, 5.74) is 6.06. The van der Waals surface area contributed by atoms with E-state index in [2.05, 4.69) is 38.2 Å². The molecule has 2 aromatic carbocycles. The lowest BCUT2D eigenvalue weighted by molar-refractivity contribution is 0.0731. The Morgan fingerprint density at radius 1 is 1.14 bits per heavy atom. The van der Waals surface area contributed by atoms with Crippen molar-refractivity contribution in [3.05, 3.63) is 68.8 Å². The molecule has 1 heterocycles. The van der Waals surface area contributed by atoms with Gasteiger partial charge in [0.15, 0.2) is 5.69 Å². The molecule has 3 unspecified atom stereocenters. The van der Waals surface area contributed by atoms with E-state index < -0.39 is 0 Å². The molecule has 2 bridgehead atoms. The van der Waals surface area contributed by atoms with Crippen LogP contribution < -0.4 is 10.1 Å². The number of aryl methyl sites for hydroxylation is 1. The highest BCUT2D eigenvalue weighted by Gasteiger charge is 2.59. The number of halogens is 2. The number of amides is 1. The molecule has 194 valence electrons. The number of carbonyl (C=O) groups excluding carboxylic acids is 1. The van der Waals surface area contributed by atoms with E-state index in [-0.39, 0.29) is 22.8 Å². The van der Waals surface area contributed by atoms with Gasteiger partial charge in [-0.05, 0) is 90.3 Å². The van der Waals surface area contributed by atoms with Crippen molar-refractivity contribution < 1.29 is 9.53 Å². The van der Waals surface area contributed by atoms with Crippen LogP contribution in [0.2, 0.25) is 10.0 Å². The van der Waals surface area contributed by atoms with Crippen LogP contribution in [0, 0.1) is 16.7 Å². The zero-order valence-corrected chi connectivity index (χ0v) is 23.3. The average molecular weight is 539 g/mol. The smallest absolute Gasteiger partial charge is 0.272 e. The summed E-state index contributed by atoms with van der Waals surface area (Å²) in [6, 6.07) is 11.9. The first-order chi connectivity index (χ1) is 17.6. The van der Waals surface area contributed by atoms with Gasteiger partial charge in [0.2, 0.25) is 0 Å². The molecule has 2 fully saturated rings. The van der Waals surface area contributed by atoms with Gasteiger partial charge in [-0.2, -0.15) is 5.10 Å². The Kier molecular flexibility index (Phi) is 5.89. The minimum Gasteiger partial charge on any atom is -0.497 e. The van der Waals surface area contributed by atoms with Gasteiger partial charge in [0.05, 0.1) is 29.4 Å². The summed E-state index contributed by atoms with van der Waals surface area (Å²) < 4.78 is 7.44. The summed E-state index contributed by atoms with van der Waals surface area (Å²) in [6.07, 6.45) is 5.21. The third kappa shape index (κ3) is 3.97. The van der Waals surface area contributed by atoms with E-state index in [9.17, 15) is 4.79 Å². The zero-order valence-electron chi connectivity index (χ0n) is 21.8. The molecule has 1 amide bonds. The molecule has 6 rings (SSSR count). The maximum Gasteiger partial charge on any atom is 0.272 e. The summed E-state index contributed by atoms with van der Waals surface area (Å²) in [5, 5.41) is 9.45. The third-order valence-electron chi connectivity index (χ3n) is 9.34. The first-order valence-electron chi connectivity index (χ1n) is 13.1. The molecule has 7 heteroatoms. The molecule has 0 aliphatic heterocycles. The van der Waals surface area contributed by atoms with Crippen LogP contribution in [0.3, 0.4) is 0 Å². The monoisotopic (exact) mass is 537 g/mol. The Balaban J connectivity index is 1.41. The van der Waals surface area contributed by atoms with E-state index in [0.29, 0.717) is 28.2 Å². The molecule has 3 atom stereocenters. The lowest BCUT2D eigenvalue weighted by atomic mass is 9.68. The number of carbonyl (C=O) groups is 1. The Morgan fingerprint density at radius 2 is 1.95 bits per heavy atom. The van der Waals surface area contributed by atoms with Crippen molar-refractivity contribution >= 4 is 29.1 Å². The molecule has 1 N–H and O–H groups in total. The quantitative estimate of drug-likeness (QED) is 0.382. The van der Waals surface area contributed by atoms with E-state index in [0.717, 1.165) is 41.0 Å². The van der Waals surface area contributed by atoms with Gasteiger partial charge in [0, 0.05) is 17.2 Å². The highest BCUT2D eigenvalue weighted by molar-refractivity contribution is 6.42. The second-order valence-corrected chi connectivity index (χ2v) is 12.7. The predicted octanol–water partition coefficient (Wildman–Crippen LogP) is 6.96. The van der Waals surface area contributed by atoms with Crippen molar-refractivity contribution in [3.63, 3.8) is 0 Å². The van der Waals surface area contributed by atoms with Crippen LogP contribution in [0.1, 0.15) is 67.2 Å². The number of hydrogen-bond donors (Lipinski definition) is 1. The van der Waals surface area contributed by atoms with Gasteiger partial charge < -0.3 is 10.1 Å². The third-order valence-corrected chi connectivity index (χ3v) is 10.1. The Labute approximate surface area is 228 Å². The van der Waals surface area contributed by atoms with E-state index >= 15 is 0 Å². The summed E-state index contributed by atoms with van der Waals surface area (Å²) in [5.74, 6) is 1.43. The fourth-order valence-electron chi connectivity index (χ4n) is 7.40. The van der Waals surface area contributed by atoms with Crippen molar-refractivity contribution in [3.8, 4) is 17.0 Å². The van der Waals surface area contributed by atoms with Crippen molar-refractivity contribution in [1.82, 2.24) is 15.1 Å². The van der Waals surface area contributed by atoms with Crippen LogP contribution >= 0.6 is 23.2 Å². The minimum absolute atomic E-state index is 0.0621. The second kappa shape index (κ2) is 8.78. The average Bonchev–Trinajstić information content (AvgIpc) is 3.50. The van der Waals surface area contributed by atoms with Gasteiger partial charge in [-0.1, -0.05) is 50.0 Å². The molecule has 3 aliphatic rings. The first kappa shape index (κ1) is 24.8. The molecule has 0 spiro atoms. The standard InChI is InChI=1S/C30H33Cl2N3O2/c1-29(2)19-11-12-30(3,15-19)28(29)33-27(36)25-22-8-6-18-14-20(37-4)7-9-21(18)26(22)35(34-25)16-17-5-10-23(31)24(32)13-17/h5,7,9-10,13-14,19,28H,6,8,11-12,15-16H2,1-4H3,(H,33,36). The molecule has 37 heavy (non-hydrogen) atoms. The number of nitrogens with one attached hydrogen (secondary N) is 1. The maximum atomic E-state index is 13.9. The highest BCUT2D eigenvalue weighted by Crippen LogP contribution is 2.62. The number of benzene rings is 2. The molecular weight excluding hydrogens is 505 g/mol. The molecule has 3 aromatic rings. The number of fused-ring (bicyclic) bond motifs is 5. The van der Waals surface area contributed by atoms with E-state index in [1.807, 2.05) is 22.9 Å². The van der Waals surface area contributed by atoms with Crippen LogP contribution in [0.4, 0.5) is 0 Å². The molecule has 0 saturated heterocycles. The fourth-order valence-corrected chi connectivity index (χ4v) is 7.72. The van der Waals surface area contributed by atoms with Gasteiger partial charge in [0.1, 0.15) is 5.75 Å². The largest absolute Gasteiger partial charge is 0.497 e. The second-order valence-electron chi connectivity index (χ2n) is 11.9. The molecule has 5 nitrogen and oxygen atoms in total. The SMILES string of the molecule is COc1ccc2c(c1)CCc1c(C(=O)NC3C4(C)CCC(C4)C3(C)C)nn(Cc3ccc(Cl)c(Cl)c3)c1-2. The zero-order chi connectivity index (χ0) is 26.1. The lowest BCUT2D eigenvalue weighted by Crippen LogP contribution is -2.52. The maximum absolute atomic E-state index is 13.9. The van der Waals surface area contributed by atoms with Crippen molar-refractivity contribution in [2.75, 3.05) is 7.11 Å². The minimum atomic E-state index is -0.0621. The number of nitrogens with zero attached hydrogens (tertiary/aromatic N) is 2. The summed E-state index contributed by atoms with van der Waals surface area (Å²) in [6.45, 7) is 7.46. The van der Waals surface area contributed by atoms with Gasteiger partial charge in [-0.15, -0.1) is 0 Å². The molecule has 1 aromatic heterocycles. The fraction of sp³-hybridized carbons (Fsp3) is 0.467. The number of rotatable bonds is 5. The van der Waals surface area contributed by atoms with E-state index in [1.54, 1.807) is 13.2 Å². The normalized spacial score (nSPS) is 25.0. The number of aromatic nitrogens is 2. The van der Waals surface area contributed by atoms with Gasteiger partial charge in [-0.25, -0.2) is 0 Å². The van der Waals surface area contributed by atoms with Crippen molar-refractivity contribution in [2.24, 2.45) is 16.7 Å². The van der Waals surface area contributed by atoms with E-state index in [1.165, 1.54) is 24.8 Å². The highest BCUT2D eigenvalue weighted by atomic mass is 35.5. The van der Waals surface area contributed by atoms with Crippen molar-refractivity contribution in [1.29, 1.82) is 0 Å². The number of methoxy groups -OCH3 is 1. The molecule has 0 radical (unpaired) electrons. The molecule has 3 aliphatic carbocycles. The molecular formula is C30H33Cl2N3O2. The lowest BCUT2D eigenvalue weighted by Gasteiger charge is -2.43. The number of hydrogen-bond acceptors (Lipinski definition) is 3. The van der Waals surface area contributed by atoms with Gasteiger partial charge >= 0.3 is 0 Å². The van der Waals surface area contributed by atoms with E-state index in [4.69, 9.17) is 33.0 Å². The van der Waals surface area contributed by atoms with Crippen LogP contribution in [0.25, 0.3) is 11.3 Å². The Bertz CT molecular complexity index is 1410. The van der Waals surface area contributed by atoms with Crippen molar-refractivity contribution in [2.45, 2.75) is 65.5 Å². The summed E-state index contributed by atoms with van der Waals surface area (Å²) in [7, 11) is 1.69. The van der Waals surface area contributed by atoms with Crippen LogP contribution in [0.5, 0.6) is 5.75 Å².